The van der Waals surface area contributed by atoms with Crippen LogP contribution in [0.2, 0.25) is 0 Å². The fraction of sp³-hybridized carbons (Fsp3) is 0.182. The minimum Gasteiger partial charge on any atom is -0.319 e. The van der Waals surface area contributed by atoms with Crippen molar-refractivity contribution < 1.29 is 0 Å². The Morgan fingerprint density at radius 2 is 2.00 bits per heavy atom. The van der Waals surface area contributed by atoms with Crippen LogP contribution >= 0.6 is 15.9 Å². The van der Waals surface area contributed by atoms with E-state index in [9.17, 15) is 0 Å². The van der Waals surface area contributed by atoms with Crippen LogP contribution in [-0.2, 0) is 7.05 Å². The summed E-state index contributed by atoms with van der Waals surface area (Å²) in [5.41, 5.74) is 8.24. The molecule has 1 heterocycles. The van der Waals surface area contributed by atoms with Gasteiger partial charge in [0, 0.05) is 7.05 Å². The molecule has 1 aromatic heterocycles. The molecule has 0 bridgehead atoms. The van der Waals surface area contributed by atoms with Crippen molar-refractivity contribution in [1.29, 1.82) is 0 Å². The number of benzene rings is 1. The van der Waals surface area contributed by atoms with Crippen LogP contribution in [-0.4, -0.2) is 9.78 Å². The first-order valence-electron chi connectivity index (χ1n) is 4.68. The number of nitrogens with two attached hydrogens (primary N) is 1. The van der Waals surface area contributed by atoms with E-state index in [-0.39, 0.29) is 6.04 Å². The normalized spacial score (nSPS) is 12.7. The summed E-state index contributed by atoms with van der Waals surface area (Å²) in [7, 11) is 1.89. The highest BCUT2D eigenvalue weighted by Crippen LogP contribution is 2.25. The Bertz CT molecular complexity index is 431. The van der Waals surface area contributed by atoms with Crippen LogP contribution in [0.1, 0.15) is 17.3 Å². The predicted octanol–water partition coefficient (Wildman–Crippen LogP) is 2.23. The van der Waals surface area contributed by atoms with E-state index in [1.54, 1.807) is 10.9 Å². The van der Waals surface area contributed by atoms with E-state index in [2.05, 4.69) is 21.0 Å². The number of nitrogens with zero attached hydrogens (tertiary/aromatic N) is 2. The molecule has 0 fully saturated rings. The van der Waals surface area contributed by atoms with Crippen LogP contribution in [0.15, 0.2) is 41.0 Å². The summed E-state index contributed by atoms with van der Waals surface area (Å²) in [6.45, 7) is 0. The molecule has 0 aliphatic heterocycles. The largest absolute Gasteiger partial charge is 0.319 e. The van der Waals surface area contributed by atoms with E-state index in [0.717, 1.165) is 15.7 Å². The lowest BCUT2D eigenvalue weighted by molar-refractivity contribution is 0.671. The van der Waals surface area contributed by atoms with E-state index in [4.69, 9.17) is 5.73 Å². The molecule has 0 aliphatic rings. The Morgan fingerprint density at radius 1 is 1.33 bits per heavy atom. The first-order valence-corrected chi connectivity index (χ1v) is 5.47. The van der Waals surface area contributed by atoms with E-state index < -0.39 is 0 Å². The van der Waals surface area contributed by atoms with Gasteiger partial charge in [-0.15, -0.1) is 0 Å². The maximum atomic E-state index is 6.17. The van der Waals surface area contributed by atoms with Gasteiger partial charge in [0.05, 0.1) is 22.4 Å². The molecule has 2 rings (SSSR count). The van der Waals surface area contributed by atoms with Crippen molar-refractivity contribution in [3.8, 4) is 0 Å². The van der Waals surface area contributed by atoms with E-state index in [1.807, 2.05) is 37.4 Å². The Morgan fingerprint density at radius 3 is 2.53 bits per heavy atom. The van der Waals surface area contributed by atoms with Crippen molar-refractivity contribution in [2.75, 3.05) is 0 Å². The minimum atomic E-state index is -0.145. The number of hydrogen-bond acceptors (Lipinski definition) is 2. The maximum absolute atomic E-state index is 6.17. The number of aryl methyl sites for hydroxylation is 1. The molecule has 0 radical (unpaired) electrons. The second-order valence-corrected chi connectivity index (χ2v) is 4.24. The summed E-state index contributed by atoms with van der Waals surface area (Å²) in [5.74, 6) is 0. The Balaban J connectivity index is 2.41. The Hall–Kier alpha value is -1.13. The first-order chi connectivity index (χ1) is 7.20. The molecule has 0 aliphatic carbocycles. The fourth-order valence-corrected chi connectivity index (χ4v) is 2.18. The van der Waals surface area contributed by atoms with Crippen LogP contribution in [0.5, 0.6) is 0 Å². The summed E-state index contributed by atoms with van der Waals surface area (Å²) in [5, 5.41) is 4.15. The van der Waals surface area contributed by atoms with E-state index in [1.165, 1.54) is 0 Å². The minimum absolute atomic E-state index is 0.145. The van der Waals surface area contributed by atoms with Gasteiger partial charge in [-0.3, -0.25) is 4.68 Å². The van der Waals surface area contributed by atoms with Gasteiger partial charge in [-0.2, -0.15) is 5.10 Å². The van der Waals surface area contributed by atoms with Gasteiger partial charge in [0.2, 0.25) is 0 Å². The van der Waals surface area contributed by atoms with Gasteiger partial charge in [0.15, 0.2) is 0 Å². The summed E-state index contributed by atoms with van der Waals surface area (Å²) >= 11 is 3.45. The molecule has 2 N–H and O–H groups in total. The highest BCUT2D eigenvalue weighted by Gasteiger charge is 2.15. The van der Waals surface area contributed by atoms with Crippen LogP contribution in [0.25, 0.3) is 0 Å². The van der Waals surface area contributed by atoms with Crippen LogP contribution < -0.4 is 5.73 Å². The molecule has 4 heteroatoms. The third-order valence-corrected chi connectivity index (χ3v) is 3.00. The van der Waals surface area contributed by atoms with Gasteiger partial charge in [0.1, 0.15) is 0 Å². The van der Waals surface area contributed by atoms with Crippen LogP contribution in [0, 0.1) is 0 Å². The molecule has 78 valence electrons. The third kappa shape index (κ3) is 1.96. The average Bonchev–Trinajstić information content (AvgIpc) is 2.59. The lowest BCUT2D eigenvalue weighted by Gasteiger charge is -2.13. The topological polar surface area (TPSA) is 43.8 Å². The molecular weight excluding hydrogens is 254 g/mol. The molecule has 0 amide bonds. The van der Waals surface area contributed by atoms with E-state index in [0.29, 0.717) is 0 Å². The van der Waals surface area contributed by atoms with Gasteiger partial charge in [-0.25, -0.2) is 0 Å². The van der Waals surface area contributed by atoms with Crippen molar-refractivity contribution in [3.05, 3.63) is 52.3 Å². The predicted molar refractivity (Wildman–Crippen MR) is 63.4 cm³/mol. The van der Waals surface area contributed by atoms with Gasteiger partial charge in [-0.05, 0) is 21.5 Å². The van der Waals surface area contributed by atoms with Crippen molar-refractivity contribution in [2.45, 2.75) is 6.04 Å². The van der Waals surface area contributed by atoms with Crippen molar-refractivity contribution in [3.63, 3.8) is 0 Å². The zero-order valence-electron chi connectivity index (χ0n) is 8.39. The second-order valence-electron chi connectivity index (χ2n) is 3.39. The molecule has 1 aromatic carbocycles. The SMILES string of the molecule is Cn1ncc(Br)c1C(N)c1ccccc1. The smallest absolute Gasteiger partial charge is 0.0735 e. The average molecular weight is 266 g/mol. The highest BCUT2D eigenvalue weighted by molar-refractivity contribution is 9.10. The molecule has 1 unspecified atom stereocenters. The molecular formula is C11H12BrN3. The van der Waals surface area contributed by atoms with Crippen molar-refractivity contribution >= 4 is 15.9 Å². The number of aromatic nitrogens is 2. The van der Waals surface area contributed by atoms with Gasteiger partial charge < -0.3 is 5.73 Å². The third-order valence-electron chi connectivity index (χ3n) is 2.39. The number of hydrogen-bond donors (Lipinski definition) is 1. The Kier molecular flexibility index (Phi) is 2.88. The fourth-order valence-electron chi connectivity index (χ4n) is 1.59. The summed E-state index contributed by atoms with van der Waals surface area (Å²) in [6.07, 6.45) is 1.76. The molecule has 2 aromatic rings. The lowest BCUT2D eigenvalue weighted by atomic mass is 10.1. The van der Waals surface area contributed by atoms with Gasteiger partial charge in [-0.1, -0.05) is 30.3 Å². The summed E-state index contributed by atoms with van der Waals surface area (Å²) < 4.78 is 2.74. The van der Waals surface area contributed by atoms with Gasteiger partial charge >= 0.3 is 0 Å². The standard InChI is InChI=1S/C11H12BrN3/c1-15-11(9(12)7-14-15)10(13)8-5-3-2-4-6-8/h2-7,10H,13H2,1H3. The lowest BCUT2D eigenvalue weighted by Crippen LogP contribution is -2.16. The first kappa shape index (κ1) is 10.4. The highest BCUT2D eigenvalue weighted by atomic mass is 79.9. The molecule has 0 saturated heterocycles. The molecule has 3 nitrogen and oxygen atoms in total. The summed E-state index contributed by atoms with van der Waals surface area (Å²) in [4.78, 5) is 0. The molecule has 0 spiro atoms. The Labute approximate surface area is 97.0 Å². The monoisotopic (exact) mass is 265 g/mol. The van der Waals surface area contributed by atoms with Crippen LogP contribution in [0.4, 0.5) is 0 Å². The summed E-state index contributed by atoms with van der Waals surface area (Å²) in [6, 6.07) is 9.84. The quantitative estimate of drug-likeness (QED) is 0.905. The maximum Gasteiger partial charge on any atom is 0.0735 e. The number of rotatable bonds is 2. The zero-order chi connectivity index (χ0) is 10.8. The van der Waals surface area contributed by atoms with Gasteiger partial charge in [0.25, 0.3) is 0 Å². The van der Waals surface area contributed by atoms with Crippen molar-refractivity contribution in [2.24, 2.45) is 12.8 Å². The van der Waals surface area contributed by atoms with Crippen LogP contribution in [0.3, 0.4) is 0 Å². The molecule has 0 saturated carbocycles. The molecule has 15 heavy (non-hydrogen) atoms. The van der Waals surface area contributed by atoms with Crippen molar-refractivity contribution in [1.82, 2.24) is 9.78 Å². The molecule has 1 atom stereocenters. The van der Waals surface area contributed by atoms with E-state index >= 15 is 0 Å². The second kappa shape index (κ2) is 4.16. The zero-order valence-corrected chi connectivity index (χ0v) is 9.98. The number of halogens is 1.